The molecule has 0 unspecified atom stereocenters. The summed E-state index contributed by atoms with van der Waals surface area (Å²) < 4.78 is 0. The van der Waals surface area contributed by atoms with Gasteiger partial charge in [0.15, 0.2) is 0 Å². The summed E-state index contributed by atoms with van der Waals surface area (Å²) in [4.78, 5) is 8.14. The van der Waals surface area contributed by atoms with Crippen LogP contribution in [-0.2, 0) is 0 Å². The van der Waals surface area contributed by atoms with E-state index in [9.17, 15) is 0 Å². The van der Waals surface area contributed by atoms with Gasteiger partial charge in [-0.05, 0) is 50.1 Å². The Kier molecular flexibility index (Phi) is 3.15. The quantitative estimate of drug-likeness (QED) is 0.825. The first-order valence-corrected chi connectivity index (χ1v) is 6.85. The van der Waals surface area contributed by atoms with Crippen LogP contribution in [0.5, 0.6) is 0 Å². The zero-order valence-corrected chi connectivity index (χ0v) is 12.1. The molecule has 2 heteroatoms. The second kappa shape index (κ2) is 4.97. The number of allylic oxidation sites excluding steroid dienone is 2. The molecule has 1 aliphatic heterocycles. The third-order valence-electron chi connectivity index (χ3n) is 3.63. The van der Waals surface area contributed by atoms with E-state index < -0.39 is 0 Å². The molecular formula is C18H18N2. The molecule has 0 fully saturated rings. The summed E-state index contributed by atoms with van der Waals surface area (Å²) in [6.45, 7) is 6.23. The minimum absolute atomic E-state index is 1.04. The summed E-state index contributed by atoms with van der Waals surface area (Å²) in [6, 6.07) is 14.6. The van der Waals surface area contributed by atoms with Crippen LogP contribution in [0.1, 0.15) is 30.8 Å². The van der Waals surface area contributed by atoms with Gasteiger partial charge in [-0.25, -0.2) is 0 Å². The maximum absolute atomic E-state index is 4.72. The Bertz CT molecular complexity index is 708. The van der Waals surface area contributed by atoms with Crippen molar-refractivity contribution in [1.82, 2.24) is 4.98 Å². The highest BCUT2D eigenvalue weighted by molar-refractivity contribution is 6.03. The number of aliphatic imine (C=N–C) groups is 1. The highest BCUT2D eigenvalue weighted by Gasteiger charge is 2.16. The standard InChI is InChI=1S/C18H18N2/c1-12-11-17(20-14(12)3)18(15-7-5-4-6-8-15)16-10-9-13(2)19-16/h4-11,19H,1-3H3. The van der Waals surface area contributed by atoms with E-state index in [1.54, 1.807) is 0 Å². The Morgan fingerprint density at radius 1 is 0.950 bits per heavy atom. The van der Waals surface area contributed by atoms with Crippen LogP contribution in [-0.4, -0.2) is 10.7 Å². The van der Waals surface area contributed by atoms with Gasteiger partial charge in [-0.2, -0.15) is 0 Å². The zero-order chi connectivity index (χ0) is 14.1. The number of benzene rings is 1. The maximum atomic E-state index is 4.72. The number of aromatic amines is 1. The molecule has 0 atom stereocenters. The molecule has 2 aromatic rings. The van der Waals surface area contributed by atoms with Crippen molar-refractivity contribution in [2.75, 3.05) is 0 Å². The van der Waals surface area contributed by atoms with Crippen molar-refractivity contribution in [2.45, 2.75) is 20.8 Å². The Morgan fingerprint density at radius 2 is 1.70 bits per heavy atom. The molecule has 20 heavy (non-hydrogen) atoms. The van der Waals surface area contributed by atoms with Gasteiger partial charge in [0.25, 0.3) is 0 Å². The van der Waals surface area contributed by atoms with Crippen LogP contribution >= 0.6 is 0 Å². The summed E-state index contributed by atoms with van der Waals surface area (Å²) in [5.41, 5.74) is 7.99. The van der Waals surface area contributed by atoms with E-state index >= 15 is 0 Å². The van der Waals surface area contributed by atoms with E-state index in [1.165, 1.54) is 11.1 Å². The summed E-state index contributed by atoms with van der Waals surface area (Å²) in [7, 11) is 0. The maximum Gasteiger partial charge on any atom is 0.0735 e. The average Bonchev–Trinajstić information content (AvgIpc) is 2.99. The minimum Gasteiger partial charge on any atom is -0.359 e. The fourth-order valence-corrected chi connectivity index (χ4v) is 2.43. The van der Waals surface area contributed by atoms with Gasteiger partial charge in [-0.1, -0.05) is 30.3 Å². The van der Waals surface area contributed by atoms with Crippen LogP contribution in [0.25, 0.3) is 5.57 Å². The fraction of sp³-hybridized carbons (Fsp3) is 0.167. The summed E-state index contributed by atoms with van der Waals surface area (Å²) in [6.07, 6.45) is 2.16. The van der Waals surface area contributed by atoms with E-state index in [4.69, 9.17) is 4.99 Å². The first-order chi connectivity index (χ1) is 9.65. The molecule has 0 saturated carbocycles. The molecule has 3 rings (SSSR count). The van der Waals surface area contributed by atoms with Gasteiger partial charge < -0.3 is 4.98 Å². The van der Waals surface area contributed by atoms with Crippen LogP contribution in [0.15, 0.2) is 64.8 Å². The molecule has 2 heterocycles. The molecule has 0 amide bonds. The molecule has 0 bridgehead atoms. The van der Waals surface area contributed by atoms with Gasteiger partial charge in [-0.15, -0.1) is 0 Å². The molecule has 0 radical (unpaired) electrons. The fourth-order valence-electron chi connectivity index (χ4n) is 2.43. The van der Waals surface area contributed by atoms with Crippen LogP contribution in [0.3, 0.4) is 0 Å². The molecule has 1 aliphatic rings. The predicted octanol–water partition coefficient (Wildman–Crippen LogP) is 4.50. The number of H-pyrrole nitrogens is 1. The Hall–Kier alpha value is -2.35. The van der Waals surface area contributed by atoms with Crippen molar-refractivity contribution in [1.29, 1.82) is 0 Å². The summed E-state index contributed by atoms with van der Waals surface area (Å²) in [5, 5.41) is 0. The molecular weight excluding hydrogens is 244 g/mol. The van der Waals surface area contributed by atoms with E-state index in [0.29, 0.717) is 0 Å². The van der Waals surface area contributed by atoms with Crippen LogP contribution < -0.4 is 0 Å². The molecule has 1 N–H and O–H groups in total. The van der Waals surface area contributed by atoms with Gasteiger partial charge in [0.1, 0.15) is 0 Å². The number of hydrogen-bond acceptors (Lipinski definition) is 1. The van der Waals surface area contributed by atoms with Gasteiger partial charge in [0.2, 0.25) is 0 Å². The Labute approximate surface area is 119 Å². The van der Waals surface area contributed by atoms with Gasteiger partial charge in [0.05, 0.1) is 5.70 Å². The molecule has 1 aromatic heterocycles. The lowest BCUT2D eigenvalue weighted by molar-refractivity contribution is 1.23. The monoisotopic (exact) mass is 262 g/mol. The lowest BCUT2D eigenvalue weighted by Crippen LogP contribution is -1.92. The lowest BCUT2D eigenvalue weighted by atomic mass is 10.0. The topological polar surface area (TPSA) is 28.1 Å². The smallest absolute Gasteiger partial charge is 0.0735 e. The first kappa shape index (κ1) is 12.7. The average molecular weight is 262 g/mol. The molecule has 0 saturated heterocycles. The molecule has 0 aliphatic carbocycles. The van der Waals surface area contributed by atoms with Crippen molar-refractivity contribution < 1.29 is 0 Å². The highest BCUT2D eigenvalue weighted by atomic mass is 14.8. The van der Waals surface area contributed by atoms with E-state index in [0.717, 1.165) is 28.4 Å². The van der Waals surface area contributed by atoms with Crippen LogP contribution in [0, 0.1) is 6.92 Å². The number of hydrogen-bond donors (Lipinski definition) is 1. The molecule has 1 aromatic carbocycles. The van der Waals surface area contributed by atoms with Crippen molar-refractivity contribution in [3.05, 3.63) is 76.8 Å². The zero-order valence-electron chi connectivity index (χ0n) is 12.1. The molecule has 100 valence electrons. The van der Waals surface area contributed by atoms with Gasteiger partial charge >= 0.3 is 0 Å². The molecule has 2 nitrogen and oxygen atoms in total. The van der Waals surface area contributed by atoms with Crippen LogP contribution in [0.4, 0.5) is 0 Å². The minimum atomic E-state index is 1.04. The van der Waals surface area contributed by atoms with E-state index in [-0.39, 0.29) is 0 Å². The van der Waals surface area contributed by atoms with E-state index in [2.05, 4.69) is 68.2 Å². The number of aromatic nitrogens is 1. The number of nitrogens with one attached hydrogen (secondary N) is 1. The number of nitrogens with zero attached hydrogens (tertiary/aromatic N) is 1. The van der Waals surface area contributed by atoms with Gasteiger partial charge in [0, 0.05) is 22.7 Å². The first-order valence-electron chi connectivity index (χ1n) is 6.85. The van der Waals surface area contributed by atoms with E-state index in [1.807, 2.05) is 6.07 Å². The van der Waals surface area contributed by atoms with Crippen molar-refractivity contribution >= 4 is 11.3 Å². The second-order valence-corrected chi connectivity index (χ2v) is 5.21. The second-order valence-electron chi connectivity index (χ2n) is 5.21. The summed E-state index contributed by atoms with van der Waals surface area (Å²) in [5.74, 6) is 0. The van der Waals surface area contributed by atoms with Crippen LogP contribution in [0.2, 0.25) is 0 Å². The van der Waals surface area contributed by atoms with Crippen molar-refractivity contribution in [3.8, 4) is 0 Å². The van der Waals surface area contributed by atoms with Crippen molar-refractivity contribution in [2.24, 2.45) is 4.99 Å². The number of aryl methyl sites for hydroxylation is 1. The predicted molar refractivity (Wildman–Crippen MR) is 84.9 cm³/mol. The normalized spacial score (nSPS) is 16.9. The third kappa shape index (κ3) is 2.25. The molecule has 0 spiro atoms. The van der Waals surface area contributed by atoms with Crippen molar-refractivity contribution in [3.63, 3.8) is 0 Å². The van der Waals surface area contributed by atoms with Gasteiger partial charge in [-0.3, -0.25) is 4.99 Å². The number of rotatable bonds is 2. The highest BCUT2D eigenvalue weighted by Crippen LogP contribution is 2.31. The Balaban J connectivity index is 2.23. The SMILES string of the molecule is CC1=CC(=C(c2ccccc2)c2ccc(C)[nH]2)N=C1C. The largest absolute Gasteiger partial charge is 0.359 e. The Morgan fingerprint density at radius 3 is 2.25 bits per heavy atom. The lowest BCUT2D eigenvalue weighted by Gasteiger charge is -2.08. The third-order valence-corrected chi connectivity index (χ3v) is 3.63. The summed E-state index contributed by atoms with van der Waals surface area (Å²) >= 11 is 0.